The normalized spacial score (nSPS) is 11.5. The van der Waals surface area contributed by atoms with E-state index in [2.05, 4.69) is 25.5 Å². The number of hydrogen-bond acceptors (Lipinski definition) is 5. The van der Waals surface area contributed by atoms with Crippen molar-refractivity contribution in [3.05, 3.63) is 83.7 Å². The predicted octanol–water partition coefficient (Wildman–Crippen LogP) is 3.11. The molecular weight excluding hydrogens is 411 g/mol. The molecule has 11 heteroatoms. The summed E-state index contributed by atoms with van der Waals surface area (Å²) in [7, 11) is 0. The van der Waals surface area contributed by atoms with Crippen LogP contribution in [0.25, 0.3) is 11.6 Å². The number of carbonyl (C=O) groups excluding carboxylic acids is 1. The number of alkyl halides is 3. The molecule has 0 saturated carbocycles. The lowest BCUT2D eigenvalue weighted by atomic mass is 10.2. The number of nitrogens with zero attached hydrogens (tertiary/aromatic N) is 6. The second-order valence-electron chi connectivity index (χ2n) is 6.58. The van der Waals surface area contributed by atoms with Crippen molar-refractivity contribution in [2.24, 2.45) is 0 Å². The van der Waals surface area contributed by atoms with Crippen LogP contribution in [0, 0.1) is 6.92 Å². The number of carbonyl (C=O) groups is 1. The van der Waals surface area contributed by atoms with Crippen molar-refractivity contribution < 1.29 is 18.0 Å². The Morgan fingerprint density at radius 3 is 2.58 bits per heavy atom. The maximum absolute atomic E-state index is 12.7. The first-order valence-corrected chi connectivity index (χ1v) is 9.15. The summed E-state index contributed by atoms with van der Waals surface area (Å²) in [6, 6.07) is 7.48. The van der Waals surface area contributed by atoms with E-state index >= 15 is 0 Å². The monoisotopic (exact) mass is 427 g/mol. The molecule has 0 unspecified atom stereocenters. The third kappa shape index (κ3) is 4.15. The molecule has 0 atom stereocenters. The SMILES string of the molecule is Cc1c(C(=O)NCc2cccnc2-n2cccn2)cnn1-c1ccc(C(F)(F)F)cn1. The highest BCUT2D eigenvalue weighted by Gasteiger charge is 2.30. The van der Waals surface area contributed by atoms with E-state index in [1.165, 1.54) is 16.9 Å². The second-order valence-corrected chi connectivity index (χ2v) is 6.58. The molecule has 0 spiro atoms. The maximum atomic E-state index is 12.7. The van der Waals surface area contributed by atoms with Crippen molar-refractivity contribution in [2.75, 3.05) is 0 Å². The fourth-order valence-electron chi connectivity index (χ4n) is 2.98. The first-order chi connectivity index (χ1) is 14.8. The molecule has 0 aliphatic rings. The zero-order valence-electron chi connectivity index (χ0n) is 16.2. The van der Waals surface area contributed by atoms with Gasteiger partial charge >= 0.3 is 6.18 Å². The van der Waals surface area contributed by atoms with Gasteiger partial charge in [-0.05, 0) is 31.2 Å². The molecule has 158 valence electrons. The molecule has 0 saturated heterocycles. The van der Waals surface area contributed by atoms with Gasteiger partial charge in [0.25, 0.3) is 5.91 Å². The Kier molecular flexibility index (Phi) is 5.24. The van der Waals surface area contributed by atoms with E-state index in [9.17, 15) is 18.0 Å². The summed E-state index contributed by atoms with van der Waals surface area (Å²) < 4.78 is 41.1. The molecule has 4 aromatic heterocycles. The summed E-state index contributed by atoms with van der Waals surface area (Å²) in [5.41, 5.74) is 0.631. The lowest BCUT2D eigenvalue weighted by Gasteiger charge is -2.10. The number of amides is 1. The van der Waals surface area contributed by atoms with Crippen LogP contribution in [0.2, 0.25) is 0 Å². The van der Waals surface area contributed by atoms with E-state index in [0.29, 0.717) is 11.5 Å². The van der Waals surface area contributed by atoms with Crippen LogP contribution < -0.4 is 5.32 Å². The summed E-state index contributed by atoms with van der Waals surface area (Å²) in [6.45, 7) is 1.84. The Labute approximate surface area is 174 Å². The van der Waals surface area contributed by atoms with E-state index in [-0.39, 0.29) is 23.8 Å². The molecule has 1 N–H and O–H groups in total. The topological polar surface area (TPSA) is 90.5 Å². The standard InChI is InChI=1S/C20H16F3N7O/c1-13-16(12-28-30(13)17-6-5-15(11-25-17)20(21,22)23)19(31)26-10-14-4-2-7-24-18(14)29-9-3-8-27-29/h2-9,11-12H,10H2,1H3,(H,26,31). The lowest BCUT2D eigenvalue weighted by Crippen LogP contribution is -2.24. The Hall–Kier alpha value is -4.02. The van der Waals surface area contributed by atoms with Gasteiger partial charge in [0.05, 0.1) is 23.0 Å². The van der Waals surface area contributed by atoms with Crippen molar-refractivity contribution in [1.29, 1.82) is 0 Å². The molecule has 4 rings (SSSR count). The van der Waals surface area contributed by atoms with Gasteiger partial charge in [0, 0.05) is 36.9 Å². The van der Waals surface area contributed by atoms with Gasteiger partial charge in [0.2, 0.25) is 0 Å². The van der Waals surface area contributed by atoms with Gasteiger partial charge in [-0.2, -0.15) is 23.4 Å². The van der Waals surface area contributed by atoms with E-state index < -0.39 is 11.7 Å². The molecule has 0 fully saturated rings. The minimum Gasteiger partial charge on any atom is -0.348 e. The minimum absolute atomic E-state index is 0.178. The highest BCUT2D eigenvalue weighted by atomic mass is 19.4. The number of hydrogen-bond donors (Lipinski definition) is 1. The molecule has 8 nitrogen and oxygen atoms in total. The summed E-state index contributed by atoms with van der Waals surface area (Å²) in [5, 5.41) is 11.1. The highest BCUT2D eigenvalue weighted by Crippen LogP contribution is 2.28. The van der Waals surface area contributed by atoms with Crippen LogP contribution in [0.5, 0.6) is 0 Å². The van der Waals surface area contributed by atoms with Crippen molar-refractivity contribution in [1.82, 2.24) is 34.8 Å². The van der Waals surface area contributed by atoms with Crippen molar-refractivity contribution in [3.63, 3.8) is 0 Å². The maximum Gasteiger partial charge on any atom is 0.417 e. The fourth-order valence-corrected chi connectivity index (χ4v) is 2.98. The van der Waals surface area contributed by atoms with Crippen molar-refractivity contribution in [2.45, 2.75) is 19.6 Å². The summed E-state index contributed by atoms with van der Waals surface area (Å²) in [4.78, 5) is 20.8. The van der Waals surface area contributed by atoms with Gasteiger partial charge in [-0.15, -0.1) is 0 Å². The minimum atomic E-state index is -4.48. The lowest BCUT2D eigenvalue weighted by molar-refractivity contribution is -0.137. The molecule has 1 amide bonds. The Morgan fingerprint density at radius 1 is 1.06 bits per heavy atom. The first kappa shape index (κ1) is 20.3. The van der Waals surface area contributed by atoms with Crippen molar-refractivity contribution in [3.8, 4) is 11.6 Å². The largest absolute Gasteiger partial charge is 0.417 e. The smallest absolute Gasteiger partial charge is 0.348 e. The van der Waals surface area contributed by atoms with Crippen LogP contribution in [0.3, 0.4) is 0 Å². The zero-order chi connectivity index (χ0) is 22.0. The van der Waals surface area contributed by atoms with Crippen molar-refractivity contribution >= 4 is 5.91 Å². The quantitative estimate of drug-likeness (QED) is 0.529. The number of aromatic nitrogens is 6. The van der Waals surface area contributed by atoms with Crippen LogP contribution in [0.4, 0.5) is 13.2 Å². The van der Waals surface area contributed by atoms with Crippen LogP contribution in [0.1, 0.15) is 27.2 Å². The van der Waals surface area contributed by atoms with E-state index in [1.54, 1.807) is 42.3 Å². The van der Waals surface area contributed by atoms with Crippen LogP contribution in [-0.2, 0) is 12.7 Å². The molecule has 0 aliphatic carbocycles. The average Bonchev–Trinajstić information content (AvgIpc) is 3.42. The summed E-state index contributed by atoms with van der Waals surface area (Å²) in [5.74, 6) is 0.387. The molecule has 0 bridgehead atoms. The third-order valence-corrected chi connectivity index (χ3v) is 4.57. The van der Waals surface area contributed by atoms with Gasteiger partial charge in [0.15, 0.2) is 11.6 Å². The predicted molar refractivity (Wildman–Crippen MR) is 104 cm³/mol. The Balaban J connectivity index is 1.51. The highest BCUT2D eigenvalue weighted by molar-refractivity contribution is 5.95. The Bertz CT molecular complexity index is 1200. The van der Waals surface area contributed by atoms with E-state index in [0.717, 1.165) is 17.8 Å². The molecule has 4 heterocycles. The number of halogens is 3. The number of nitrogens with one attached hydrogen (secondary N) is 1. The van der Waals surface area contributed by atoms with Gasteiger partial charge in [-0.3, -0.25) is 4.79 Å². The molecular formula is C20H16F3N7O. The molecule has 0 aromatic carbocycles. The average molecular weight is 427 g/mol. The third-order valence-electron chi connectivity index (χ3n) is 4.57. The van der Waals surface area contributed by atoms with E-state index in [4.69, 9.17) is 0 Å². The molecule has 0 aliphatic heterocycles. The number of rotatable bonds is 5. The molecule has 0 radical (unpaired) electrons. The number of pyridine rings is 2. The molecule has 31 heavy (non-hydrogen) atoms. The Morgan fingerprint density at radius 2 is 1.90 bits per heavy atom. The van der Waals surface area contributed by atoms with Crippen LogP contribution >= 0.6 is 0 Å². The fraction of sp³-hybridized carbons (Fsp3) is 0.150. The summed E-state index contributed by atoms with van der Waals surface area (Å²) in [6.07, 6.45) is 2.62. The molecule has 4 aromatic rings. The first-order valence-electron chi connectivity index (χ1n) is 9.15. The van der Waals surface area contributed by atoms with E-state index in [1.807, 2.05) is 6.07 Å². The van der Waals surface area contributed by atoms with Crippen LogP contribution in [-0.4, -0.2) is 35.4 Å². The van der Waals surface area contributed by atoms with Gasteiger partial charge < -0.3 is 5.32 Å². The summed E-state index contributed by atoms with van der Waals surface area (Å²) >= 11 is 0. The second kappa shape index (κ2) is 8.01. The van der Waals surface area contributed by atoms with Gasteiger partial charge in [-0.25, -0.2) is 19.3 Å². The van der Waals surface area contributed by atoms with Gasteiger partial charge in [-0.1, -0.05) is 6.07 Å². The zero-order valence-corrected chi connectivity index (χ0v) is 16.2. The van der Waals surface area contributed by atoms with Gasteiger partial charge in [0.1, 0.15) is 0 Å². The van der Waals surface area contributed by atoms with Crippen LogP contribution in [0.15, 0.2) is 61.3 Å².